The molecule has 0 aromatic heterocycles. The molecule has 0 atom stereocenters. The molecule has 0 spiro atoms. The Morgan fingerprint density at radius 1 is 0.913 bits per heavy atom. The van der Waals surface area contributed by atoms with Gasteiger partial charge in [0.2, 0.25) is 0 Å². The number of ether oxygens (including phenoxy) is 2. The Morgan fingerprint density at radius 2 is 1.52 bits per heavy atom. The minimum absolute atomic E-state index is 0. The minimum Gasteiger partial charge on any atom is -0.379 e. The molecular formula is C17H38IN3O2. The largest absolute Gasteiger partial charge is 0.379 e. The Balaban J connectivity index is 0. The zero-order valence-electron chi connectivity index (χ0n) is 15.7. The van der Waals surface area contributed by atoms with Crippen molar-refractivity contribution in [3.8, 4) is 0 Å². The van der Waals surface area contributed by atoms with Gasteiger partial charge in [-0.3, -0.25) is 4.99 Å². The number of rotatable bonds is 12. The SMILES string of the molecule is CCCCOCCOCCNC(=NC)NCCCC(C)(C)C.I. The van der Waals surface area contributed by atoms with Crippen LogP contribution in [0.25, 0.3) is 0 Å². The van der Waals surface area contributed by atoms with Crippen LogP contribution in [-0.2, 0) is 9.47 Å². The van der Waals surface area contributed by atoms with Crippen molar-refractivity contribution in [3.63, 3.8) is 0 Å². The van der Waals surface area contributed by atoms with Gasteiger partial charge in [0, 0.05) is 26.7 Å². The van der Waals surface area contributed by atoms with Crippen LogP contribution in [0, 0.1) is 5.41 Å². The number of aliphatic imine (C=N–C) groups is 1. The summed E-state index contributed by atoms with van der Waals surface area (Å²) in [6.07, 6.45) is 4.65. The molecule has 0 aliphatic heterocycles. The van der Waals surface area contributed by atoms with Crippen LogP contribution in [0.15, 0.2) is 4.99 Å². The molecular weight excluding hydrogens is 405 g/mol. The van der Waals surface area contributed by atoms with E-state index in [4.69, 9.17) is 9.47 Å². The van der Waals surface area contributed by atoms with Gasteiger partial charge in [-0.2, -0.15) is 0 Å². The van der Waals surface area contributed by atoms with E-state index in [1.807, 2.05) is 0 Å². The second kappa shape index (κ2) is 16.8. The molecule has 0 aromatic carbocycles. The smallest absolute Gasteiger partial charge is 0.191 e. The van der Waals surface area contributed by atoms with Gasteiger partial charge in [0.25, 0.3) is 0 Å². The average Bonchev–Trinajstić information content (AvgIpc) is 2.46. The zero-order valence-corrected chi connectivity index (χ0v) is 18.1. The number of hydrogen-bond donors (Lipinski definition) is 2. The van der Waals surface area contributed by atoms with Crippen LogP contribution in [0.1, 0.15) is 53.4 Å². The summed E-state index contributed by atoms with van der Waals surface area (Å²) in [7, 11) is 1.79. The first-order valence-corrected chi connectivity index (χ1v) is 8.59. The van der Waals surface area contributed by atoms with Gasteiger partial charge >= 0.3 is 0 Å². The van der Waals surface area contributed by atoms with Crippen LogP contribution >= 0.6 is 24.0 Å². The van der Waals surface area contributed by atoms with Crippen molar-refractivity contribution in [3.05, 3.63) is 0 Å². The van der Waals surface area contributed by atoms with Crippen molar-refractivity contribution in [2.45, 2.75) is 53.4 Å². The Morgan fingerprint density at radius 3 is 2.09 bits per heavy atom. The molecule has 0 bridgehead atoms. The van der Waals surface area contributed by atoms with E-state index < -0.39 is 0 Å². The van der Waals surface area contributed by atoms with E-state index in [0.29, 0.717) is 25.2 Å². The predicted molar refractivity (Wildman–Crippen MR) is 110 cm³/mol. The quantitative estimate of drug-likeness (QED) is 0.210. The topological polar surface area (TPSA) is 54.9 Å². The first kappa shape index (κ1) is 25.2. The zero-order chi connectivity index (χ0) is 16.7. The van der Waals surface area contributed by atoms with E-state index in [2.05, 4.69) is 43.3 Å². The molecule has 0 aliphatic rings. The second-order valence-corrected chi connectivity index (χ2v) is 6.67. The van der Waals surface area contributed by atoms with Crippen LogP contribution in [-0.4, -0.2) is 52.5 Å². The Bertz CT molecular complexity index is 282. The van der Waals surface area contributed by atoms with E-state index in [0.717, 1.165) is 38.5 Å². The molecule has 0 saturated carbocycles. The highest BCUT2D eigenvalue weighted by atomic mass is 127. The van der Waals surface area contributed by atoms with Gasteiger partial charge in [0.1, 0.15) is 0 Å². The van der Waals surface area contributed by atoms with Gasteiger partial charge in [-0.05, 0) is 24.7 Å². The van der Waals surface area contributed by atoms with Crippen molar-refractivity contribution in [1.82, 2.24) is 10.6 Å². The Kier molecular flexibility index (Phi) is 18.3. The maximum absolute atomic E-state index is 5.51. The molecule has 0 rings (SSSR count). The van der Waals surface area contributed by atoms with Crippen LogP contribution in [0.2, 0.25) is 0 Å². The lowest BCUT2D eigenvalue weighted by Gasteiger charge is -2.18. The number of halogens is 1. The van der Waals surface area contributed by atoms with Crippen LogP contribution in [0.5, 0.6) is 0 Å². The third-order valence-electron chi connectivity index (χ3n) is 3.17. The molecule has 23 heavy (non-hydrogen) atoms. The number of hydrogen-bond acceptors (Lipinski definition) is 3. The lowest BCUT2D eigenvalue weighted by atomic mass is 9.91. The van der Waals surface area contributed by atoms with Gasteiger partial charge in [0.05, 0.1) is 19.8 Å². The lowest BCUT2D eigenvalue weighted by molar-refractivity contribution is 0.0487. The van der Waals surface area contributed by atoms with E-state index >= 15 is 0 Å². The first-order chi connectivity index (χ1) is 10.5. The van der Waals surface area contributed by atoms with Crippen molar-refractivity contribution in [2.75, 3.05) is 46.6 Å². The second-order valence-electron chi connectivity index (χ2n) is 6.67. The lowest BCUT2D eigenvalue weighted by Crippen LogP contribution is -2.39. The van der Waals surface area contributed by atoms with E-state index in [-0.39, 0.29) is 24.0 Å². The molecule has 0 fully saturated rings. The fourth-order valence-electron chi connectivity index (χ4n) is 1.86. The van der Waals surface area contributed by atoms with Crippen LogP contribution in [0.3, 0.4) is 0 Å². The van der Waals surface area contributed by atoms with Gasteiger partial charge in [-0.15, -0.1) is 24.0 Å². The summed E-state index contributed by atoms with van der Waals surface area (Å²) < 4.78 is 10.9. The van der Waals surface area contributed by atoms with Crippen molar-refractivity contribution in [1.29, 1.82) is 0 Å². The first-order valence-electron chi connectivity index (χ1n) is 8.59. The van der Waals surface area contributed by atoms with Gasteiger partial charge in [0.15, 0.2) is 5.96 Å². The number of nitrogens with zero attached hydrogens (tertiary/aromatic N) is 1. The predicted octanol–water partition coefficient (Wildman–Crippen LogP) is 3.43. The van der Waals surface area contributed by atoms with Gasteiger partial charge in [-0.25, -0.2) is 0 Å². The normalized spacial score (nSPS) is 12.0. The number of nitrogens with one attached hydrogen (secondary N) is 2. The highest BCUT2D eigenvalue weighted by Gasteiger charge is 2.08. The molecule has 0 saturated heterocycles. The maximum Gasteiger partial charge on any atom is 0.191 e. The monoisotopic (exact) mass is 443 g/mol. The van der Waals surface area contributed by atoms with Crippen LogP contribution < -0.4 is 10.6 Å². The standard InChI is InChI=1S/C17H37N3O2.HI/c1-6-7-12-21-14-15-22-13-11-20-16(18-5)19-10-8-9-17(2,3)4;/h6-15H2,1-5H3,(H2,18,19,20);1H. The highest BCUT2D eigenvalue weighted by Crippen LogP contribution is 2.19. The summed E-state index contributed by atoms with van der Waals surface area (Å²) in [5.74, 6) is 0.844. The third kappa shape index (κ3) is 19.9. The summed E-state index contributed by atoms with van der Waals surface area (Å²) in [6, 6.07) is 0. The summed E-state index contributed by atoms with van der Waals surface area (Å²) in [6.45, 7) is 13.5. The molecule has 5 nitrogen and oxygen atoms in total. The van der Waals surface area contributed by atoms with E-state index in [1.54, 1.807) is 7.05 Å². The van der Waals surface area contributed by atoms with Crippen molar-refractivity contribution < 1.29 is 9.47 Å². The average molecular weight is 443 g/mol. The van der Waals surface area contributed by atoms with Gasteiger partial charge in [-0.1, -0.05) is 34.1 Å². The Labute approximate surface area is 160 Å². The number of unbranched alkanes of at least 4 members (excludes halogenated alkanes) is 1. The molecule has 0 aromatic rings. The summed E-state index contributed by atoms with van der Waals surface area (Å²) in [4.78, 5) is 4.20. The molecule has 0 heterocycles. The summed E-state index contributed by atoms with van der Waals surface area (Å²) in [5, 5.41) is 6.58. The molecule has 0 aliphatic carbocycles. The fourth-order valence-corrected chi connectivity index (χ4v) is 1.86. The fraction of sp³-hybridized carbons (Fsp3) is 0.941. The molecule has 6 heteroatoms. The Hall–Kier alpha value is -0.0800. The molecule has 140 valence electrons. The maximum atomic E-state index is 5.51. The summed E-state index contributed by atoms with van der Waals surface area (Å²) >= 11 is 0. The van der Waals surface area contributed by atoms with Crippen molar-refractivity contribution in [2.24, 2.45) is 10.4 Å². The summed E-state index contributed by atoms with van der Waals surface area (Å²) in [5.41, 5.74) is 0.395. The minimum atomic E-state index is 0. The van der Waals surface area contributed by atoms with Crippen LogP contribution in [0.4, 0.5) is 0 Å². The van der Waals surface area contributed by atoms with E-state index in [1.165, 1.54) is 12.8 Å². The molecule has 0 amide bonds. The molecule has 2 N–H and O–H groups in total. The van der Waals surface area contributed by atoms with Gasteiger partial charge < -0.3 is 20.1 Å². The van der Waals surface area contributed by atoms with E-state index in [9.17, 15) is 0 Å². The number of guanidine groups is 1. The highest BCUT2D eigenvalue weighted by molar-refractivity contribution is 14.0. The molecule has 0 radical (unpaired) electrons. The van der Waals surface area contributed by atoms with Crippen molar-refractivity contribution >= 4 is 29.9 Å². The third-order valence-corrected chi connectivity index (χ3v) is 3.17. The molecule has 0 unspecified atom stereocenters.